The molecule has 0 radical (unpaired) electrons. The van der Waals surface area contributed by atoms with Crippen molar-refractivity contribution < 1.29 is 14.6 Å². The lowest BCUT2D eigenvalue weighted by molar-refractivity contribution is -0.115. The van der Waals surface area contributed by atoms with Gasteiger partial charge in [0.25, 0.3) is 5.91 Å². The van der Waals surface area contributed by atoms with Crippen molar-refractivity contribution >= 4 is 34.6 Å². The van der Waals surface area contributed by atoms with Gasteiger partial charge in [-0.3, -0.25) is 4.79 Å². The Hall–Kier alpha value is -2.99. The molecular weight excluding hydrogens is 372 g/mol. The third-order valence-corrected chi connectivity index (χ3v) is 5.19. The van der Waals surface area contributed by atoms with Crippen molar-refractivity contribution in [2.24, 2.45) is 4.99 Å². The van der Waals surface area contributed by atoms with Crippen LogP contribution in [0.5, 0.6) is 11.5 Å². The maximum atomic E-state index is 12.4. The van der Waals surface area contributed by atoms with E-state index in [0.29, 0.717) is 27.8 Å². The number of carbonyl (C=O) groups excluding carboxylic acids is 1. The summed E-state index contributed by atoms with van der Waals surface area (Å²) < 4.78 is 5.24. The van der Waals surface area contributed by atoms with Crippen LogP contribution >= 0.6 is 11.8 Å². The first-order valence-corrected chi connectivity index (χ1v) is 9.60. The molecule has 0 aromatic heterocycles. The monoisotopic (exact) mass is 394 g/mol. The molecule has 3 rings (SSSR count). The smallest absolute Gasteiger partial charge is 0.264 e. The molecule has 1 fully saturated rings. The normalized spacial score (nSPS) is 16.5. The average Bonchev–Trinajstić information content (AvgIpc) is 2.99. The molecule has 2 N–H and O–H groups in total. The highest BCUT2D eigenvalue weighted by molar-refractivity contribution is 8.18. The molecule has 5 nitrogen and oxygen atoms in total. The van der Waals surface area contributed by atoms with E-state index in [2.05, 4.69) is 23.0 Å². The molecule has 2 aromatic rings. The topological polar surface area (TPSA) is 70.9 Å². The number of nitrogens with one attached hydrogen (secondary N) is 1. The van der Waals surface area contributed by atoms with Gasteiger partial charge in [0.1, 0.15) is 0 Å². The maximum Gasteiger partial charge on any atom is 0.264 e. The zero-order valence-electron chi connectivity index (χ0n) is 16.1. The van der Waals surface area contributed by atoms with Crippen molar-refractivity contribution in [1.29, 1.82) is 0 Å². The lowest BCUT2D eigenvalue weighted by atomic mass is 10.1. The number of allylic oxidation sites excluding steroid dienone is 1. The molecular formula is C22H22N2O3S. The van der Waals surface area contributed by atoms with E-state index in [1.807, 2.05) is 32.0 Å². The molecule has 1 heterocycles. The fourth-order valence-electron chi connectivity index (χ4n) is 2.91. The number of aliphatic imine (C=N–C) groups is 1. The van der Waals surface area contributed by atoms with Crippen LogP contribution in [0.2, 0.25) is 0 Å². The van der Waals surface area contributed by atoms with Crippen LogP contribution in [0.15, 0.2) is 52.9 Å². The predicted molar refractivity (Wildman–Crippen MR) is 115 cm³/mol. The zero-order chi connectivity index (χ0) is 20.3. The number of thioether (sulfide) groups is 1. The fraction of sp³-hybridized carbons (Fsp3) is 0.182. The highest BCUT2D eigenvalue weighted by Gasteiger charge is 2.24. The van der Waals surface area contributed by atoms with Crippen molar-refractivity contribution in [3.8, 4) is 11.5 Å². The van der Waals surface area contributed by atoms with E-state index in [4.69, 9.17) is 4.74 Å². The Morgan fingerprint density at radius 1 is 1.29 bits per heavy atom. The molecule has 144 valence electrons. The van der Waals surface area contributed by atoms with Gasteiger partial charge in [-0.1, -0.05) is 23.8 Å². The summed E-state index contributed by atoms with van der Waals surface area (Å²) in [4.78, 5) is 17.5. The van der Waals surface area contributed by atoms with Crippen LogP contribution in [0.25, 0.3) is 6.08 Å². The van der Waals surface area contributed by atoms with Gasteiger partial charge in [0, 0.05) is 5.56 Å². The highest BCUT2D eigenvalue weighted by Crippen LogP contribution is 2.35. The summed E-state index contributed by atoms with van der Waals surface area (Å²) in [6.07, 6.45) is 3.97. The van der Waals surface area contributed by atoms with Gasteiger partial charge in [0.2, 0.25) is 0 Å². The van der Waals surface area contributed by atoms with Gasteiger partial charge in [0.15, 0.2) is 16.7 Å². The lowest BCUT2D eigenvalue weighted by Crippen LogP contribution is -2.19. The van der Waals surface area contributed by atoms with E-state index in [9.17, 15) is 9.90 Å². The average molecular weight is 394 g/mol. The van der Waals surface area contributed by atoms with Crippen LogP contribution in [-0.2, 0) is 11.2 Å². The summed E-state index contributed by atoms with van der Waals surface area (Å²) in [5.74, 6) is 0.245. The number of hydrogen-bond donors (Lipinski definition) is 2. The van der Waals surface area contributed by atoms with Gasteiger partial charge >= 0.3 is 0 Å². The van der Waals surface area contributed by atoms with E-state index in [0.717, 1.165) is 16.8 Å². The van der Waals surface area contributed by atoms with Crippen LogP contribution in [0.3, 0.4) is 0 Å². The molecule has 0 aliphatic carbocycles. The minimum absolute atomic E-state index is 0.0881. The van der Waals surface area contributed by atoms with E-state index in [-0.39, 0.29) is 11.7 Å². The molecule has 0 spiro atoms. The number of aromatic hydroxyl groups is 1. The lowest BCUT2D eigenvalue weighted by Gasteiger charge is -2.09. The largest absolute Gasteiger partial charge is 0.504 e. The summed E-state index contributed by atoms with van der Waals surface area (Å²) in [6, 6.07) is 9.51. The zero-order valence-corrected chi connectivity index (χ0v) is 16.9. The molecule has 1 aliphatic heterocycles. The number of nitrogens with zero attached hydrogens (tertiary/aromatic N) is 1. The Morgan fingerprint density at radius 3 is 2.75 bits per heavy atom. The summed E-state index contributed by atoms with van der Waals surface area (Å²) >= 11 is 1.29. The fourth-order valence-corrected chi connectivity index (χ4v) is 3.75. The number of methoxy groups -OCH3 is 1. The van der Waals surface area contributed by atoms with E-state index in [1.54, 1.807) is 18.2 Å². The van der Waals surface area contributed by atoms with Gasteiger partial charge in [-0.05, 0) is 67.4 Å². The van der Waals surface area contributed by atoms with Crippen LogP contribution in [-0.4, -0.2) is 23.3 Å². The molecule has 0 bridgehead atoms. The van der Waals surface area contributed by atoms with Crippen molar-refractivity contribution in [3.05, 3.63) is 70.1 Å². The van der Waals surface area contributed by atoms with Crippen molar-refractivity contribution in [1.82, 2.24) is 5.32 Å². The maximum absolute atomic E-state index is 12.4. The second kappa shape index (κ2) is 8.35. The molecule has 2 aromatic carbocycles. The van der Waals surface area contributed by atoms with Crippen molar-refractivity contribution in [2.45, 2.75) is 20.3 Å². The number of phenols is 1. The van der Waals surface area contributed by atoms with Gasteiger partial charge in [-0.15, -0.1) is 6.58 Å². The first-order valence-electron chi connectivity index (χ1n) is 8.79. The second-order valence-corrected chi connectivity index (χ2v) is 7.53. The highest BCUT2D eigenvalue weighted by atomic mass is 32.2. The number of ether oxygens (including phenoxy) is 1. The number of rotatable bonds is 5. The molecule has 28 heavy (non-hydrogen) atoms. The van der Waals surface area contributed by atoms with Gasteiger partial charge in [0.05, 0.1) is 17.7 Å². The standard InChI is InChI=1S/C22H22N2O3S/c1-5-6-16-10-15(11-18(27-4)20(16)25)12-19-21(26)24-22(28-19)23-17-8-7-13(2)9-14(17)3/h5,7-12,25H,1,6H2,2-4H3,(H,23,24,26)/b19-12+. The molecule has 6 heteroatoms. The Kier molecular flexibility index (Phi) is 5.90. The second-order valence-electron chi connectivity index (χ2n) is 6.50. The van der Waals surface area contributed by atoms with Gasteiger partial charge in [-0.25, -0.2) is 4.99 Å². The molecule has 1 amide bonds. The summed E-state index contributed by atoms with van der Waals surface area (Å²) in [7, 11) is 1.50. The number of phenolic OH excluding ortho intramolecular Hbond substituents is 1. The number of hydrogen-bond acceptors (Lipinski definition) is 5. The van der Waals surface area contributed by atoms with Crippen LogP contribution in [0, 0.1) is 13.8 Å². The van der Waals surface area contributed by atoms with Gasteiger partial charge in [-0.2, -0.15) is 0 Å². The van der Waals surface area contributed by atoms with Crippen molar-refractivity contribution in [3.63, 3.8) is 0 Å². The number of amides is 1. The van der Waals surface area contributed by atoms with E-state index < -0.39 is 0 Å². The molecule has 0 saturated carbocycles. The van der Waals surface area contributed by atoms with Crippen molar-refractivity contribution in [2.75, 3.05) is 7.11 Å². The first-order chi connectivity index (χ1) is 13.4. The minimum Gasteiger partial charge on any atom is -0.504 e. The van der Waals surface area contributed by atoms with Crippen LogP contribution in [0.4, 0.5) is 5.69 Å². The quantitative estimate of drug-likeness (QED) is 0.573. The third kappa shape index (κ3) is 4.28. The summed E-state index contributed by atoms with van der Waals surface area (Å²) in [5, 5.41) is 13.6. The van der Waals surface area contributed by atoms with Gasteiger partial charge < -0.3 is 15.2 Å². The molecule has 0 unspecified atom stereocenters. The van der Waals surface area contributed by atoms with Crippen LogP contribution < -0.4 is 10.1 Å². The Bertz CT molecular complexity index is 1010. The summed E-state index contributed by atoms with van der Waals surface area (Å²) in [6.45, 7) is 7.73. The van der Waals surface area contributed by atoms with E-state index in [1.165, 1.54) is 24.4 Å². The number of amidine groups is 1. The predicted octanol–water partition coefficient (Wildman–Crippen LogP) is 4.64. The third-order valence-electron chi connectivity index (χ3n) is 4.28. The van der Waals surface area contributed by atoms with E-state index >= 15 is 0 Å². The molecule has 0 atom stereocenters. The molecule has 1 aliphatic rings. The number of aryl methyl sites for hydroxylation is 2. The Balaban J connectivity index is 1.91. The minimum atomic E-state index is -0.203. The number of benzene rings is 2. The Morgan fingerprint density at radius 2 is 2.07 bits per heavy atom. The number of carbonyl (C=O) groups is 1. The summed E-state index contributed by atoms with van der Waals surface area (Å²) in [5.41, 5.74) is 4.50. The first kappa shape index (κ1) is 19.8. The SMILES string of the molecule is C=CCc1cc(/C=C2/SC(=Nc3ccc(C)cc3C)NC2=O)cc(OC)c1O. The molecule has 1 saturated heterocycles. The van der Waals surface area contributed by atoms with Crippen LogP contribution in [0.1, 0.15) is 22.3 Å². The Labute approximate surface area is 168 Å².